The molecule has 6 aliphatic rings. The summed E-state index contributed by atoms with van der Waals surface area (Å²) in [6.07, 6.45) is -3.32. The number of carbonyl (C=O) groups is 6. The fourth-order valence-corrected chi connectivity index (χ4v) is 17.4. The number of hydrogen-bond donors (Lipinski definition) is 0. The van der Waals surface area contributed by atoms with Gasteiger partial charge in [0.05, 0.1) is 64.6 Å². The molecule has 4 bridgehead atoms. The summed E-state index contributed by atoms with van der Waals surface area (Å²) in [6.45, 7) is 9.99. The van der Waals surface area contributed by atoms with Gasteiger partial charge in [-0.05, 0) is 145 Å². The zero-order valence-corrected chi connectivity index (χ0v) is 59.2. The van der Waals surface area contributed by atoms with E-state index >= 15 is 0 Å². The SMILES string of the molecule is CCOC(=O)CCC(C)(C#N)N=NC(C)(C#N)CCC(=O)OCC(F)(F)S(=O)(=O)[O-].Cc1cc([S+](c2ccccc2)c2ccccc2)cc(C)c1OCC(=O)OC1C2CC3C(=O)OC1C3O2.Cc1cc([S+](c2ccccc2)c2ccccc2)cc(C)c1OCC(=O)OC1C2CC3C(=O)OC1C3O2. The van der Waals surface area contributed by atoms with Gasteiger partial charge in [0.2, 0.25) is 0 Å². The highest BCUT2D eigenvalue weighted by molar-refractivity contribution is 7.97. The zero-order valence-electron chi connectivity index (χ0n) is 56.7. The van der Waals surface area contributed by atoms with Gasteiger partial charge in [-0.25, -0.2) is 18.0 Å². The number of ether oxygens (including phenoxy) is 10. The molecule has 28 heteroatoms. The lowest BCUT2D eigenvalue weighted by Crippen LogP contribution is -2.40. The molecule has 0 amide bonds. The van der Waals surface area contributed by atoms with E-state index in [1.165, 1.54) is 43.2 Å². The Kier molecular flexibility index (Phi) is 23.9. The van der Waals surface area contributed by atoms with Gasteiger partial charge in [-0.1, -0.05) is 72.8 Å². The molecule has 0 spiro atoms. The maximum Gasteiger partial charge on any atom is 0.367 e. The highest BCUT2D eigenvalue weighted by Gasteiger charge is 2.66. The summed E-state index contributed by atoms with van der Waals surface area (Å²) >= 11 is 0. The maximum absolute atomic E-state index is 13.0. The van der Waals surface area contributed by atoms with Crippen LogP contribution in [0.3, 0.4) is 0 Å². The zero-order chi connectivity index (χ0) is 73.3. The molecule has 6 fully saturated rings. The molecule has 12 rings (SSSR count). The Hall–Kier alpha value is -9.29. The van der Waals surface area contributed by atoms with Crippen molar-refractivity contribution in [3.05, 3.63) is 168 Å². The molecule has 0 saturated carbocycles. The van der Waals surface area contributed by atoms with Gasteiger partial charge >= 0.3 is 41.1 Å². The second-order valence-corrected chi connectivity index (χ2v) is 31.0. The predicted octanol–water partition coefficient (Wildman–Crippen LogP) is 10.6. The van der Waals surface area contributed by atoms with Crippen LogP contribution in [-0.2, 0) is 98.6 Å². The number of aryl methyl sites for hydroxylation is 4. The molecule has 6 heterocycles. The molecule has 536 valence electrons. The number of carbonyl (C=O) groups excluding carboxylic acids is 6. The van der Waals surface area contributed by atoms with E-state index in [-0.39, 0.29) is 109 Å². The number of azo groups is 1. The topological polar surface area (TPSA) is 324 Å². The minimum Gasteiger partial charge on any atom is -0.743 e. The summed E-state index contributed by atoms with van der Waals surface area (Å²) < 4.78 is 111. The standard InChI is InChI=1S/2C29H27O6S.C16H22F2N4O7S/c2*1-17-13-21(36(19-9-5-3-6-10-19)20-11-7-4-8-12-20)14-18(2)25(17)32-16-24(30)34-27-23-15-22-26(33-23)28(27)35-29(22)31;1-4-28-12(23)5-7-14(2,9-19)21-22-15(3,10-20)8-6-13(24)29-11-16(17,18)30(25,26)27/h2*3-14,22-23,26-28H,15-16H2,1-2H3;4-8,11H2,1-3H3,(H,25,26,27)/q2*+1;/p-1. The number of nitriles is 2. The van der Waals surface area contributed by atoms with E-state index in [1.54, 1.807) is 13.0 Å². The number of nitrogens with zero attached hydrogens (tertiary/aromatic N) is 4. The Balaban J connectivity index is 0.000000166. The van der Waals surface area contributed by atoms with Crippen LogP contribution < -0.4 is 9.47 Å². The van der Waals surface area contributed by atoms with Gasteiger partial charge in [-0.15, -0.1) is 0 Å². The van der Waals surface area contributed by atoms with Gasteiger partial charge in [-0.3, -0.25) is 19.2 Å². The van der Waals surface area contributed by atoms with E-state index in [1.807, 2.05) is 58.0 Å². The lowest BCUT2D eigenvalue weighted by atomic mass is 9.88. The van der Waals surface area contributed by atoms with Crippen LogP contribution in [0.25, 0.3) is 0 Å². The Bertz CT molecular complexity index is 3980. The van der Waals surface area contributed by atoms with Crippen molar-refractivity contribution in [2.75, 3.05) is 26.4 Å². The van der Waals surface area contributed by atoms with Gasteiger partial charge in [0.1, 0.15) is 23.7 Å². The summed E-state index contributed by atoms with van der Waals surface area (Å²) in [5.41, 5.74) is 0.719. The average Bonchev–Trinajstić information content (AvgIpc) is 1.58. The van der Waals surface area contributed by atoms with E-state index in [4.69, 9.17) is 42.6 Å². The first-order valence-electron chi connectivity index (χ1n) is 32.8. The third kappa shape index (κ3) is 17.6. The van der Waals surface area contributed by atoms with Crippen molar-refractivity contribution in [2.45, 2.75) is 182 Å². The van der Waals surface area contributed by atoms with E-state index < -0.39 is 87.8 Å². The number of hydrogen-bond acceptors (Lipinski definition) is 23. The summed E-state index contributed by atoms with van der Waals surface area (Å²) in [4.78, 5) is 79.3. The van der Waals surface area contributed by atoms with Crippen LogP contribution in [0, 0.1) is 62.2 Å². The first kappa shape index (κ1) is 75.4. The number of esters is 6. The maximum atomic E-state index is 13.0. The fraction of sp³-hybridized carbons (Fsp3) is 0.405. The Morgan fingerprint density at radius 2 is 0.882 bits per heavy atom. The Labute approximate surface area is 594 Å². The van der Waals surface area contributed by atoms with Crippen molar-refractivity contribution >= 4 is 67.7 Å². The number of alkyl halides is 2. The molecule has 6 aromatic rings. The predicted molar refractivity (Wildman–Crippen MR) is 360 cm³/mol. The third-order valence-corrected chi connectivity index (χ3v) is 22.9. The van der Waals surface area contributed by atoms with Crippen molar-refractivity contribution in [2.24, 2.45) is 22.1 Å². The molecule has 0 radical (unpaired) electrons. The molecule has 6 aromatic carbocycles. The lowest BCUT2D eigenvalue weighted by Gasteiger charge is -2.22. The number of fused-ring (bicyclic) bond motifs is 2. The molecule has 0 N–H and O–H groups in total. The summed E-state index contributed by atoms with van der Waals surface area (Å²) in [6, 6.07) is 54.0. The highest BCUT2D eigenvalue weighted by Crippen LogP contribution is 2.49. The average molecular weight is 1460 g/mol. The van der Waals surface area contributed by atoms with Crippen LogP contribution in [0.5, 0.6) is 11.5 Å². The quantitative estimate of drug-likeness (QED) is 0.0160. The smallest absolute Gasteiger partial charge is 0.367 e. The monoisotopic (exact) mass is 1460 g/mol. The molecule has 6 aliphatic heterocycles. The number of benzene rings is 6. The van der Waals surface area contributed by atoms with Crippen LogP contribution >= 0.6 is 0 Å². The molecule has 6 saturated heterocycles. The van der Waals surface area contributed by atoms with Crippen LogP contribution in [0.1, 0.15) is 81.5 Å². The van der Waals surface area contributed by atoms with E-state index in [0.717, 1.165) is 22.3 Å². The lowest BCUT2D eigenvalue weighted by molar-refractivity contribution is -0.162. The van der Waals surface area contributed by atoms with Gasteiger partial charge in [0.15, 0.2) is 94.8 Å². The van der Waals surface area contributed by atoms with Crippen LogP contribution in [0.2, 0.25) is 0 Å². The van der Waals surface area contributed by atoms with Gasteiger partial charge < -0.3 is 51.9 Å². The minimum absolute atomic E-state index is 0.0475. The fourth-order valence-electron chi connectivity index (χ4n) is 12.7. The molecule has 12 unspecified atom stereocenters. The molecule has 0 aromatic heterocycles. The number of halogens is 2. The van der Waals surface area contributed by atoms with E-state index in [2.05, 4.69) is 136 Å². The summed E-state index contributed by atoms with van der Waals surface area (Å²) in [5, 5.41) is 21.3. The normalized spacial score (nSPS) is 22.9. The largest absolute Gasteiger partial charge is 0.743 e. The van der Waals surface area contributed by atoms with E-state index in [9.17, 15) is 61.0 Å². The third-order valence-electron chi connectivity index (χ3n) is 17.7. The van der Waals surface area contributed by atoms with Crippen molar-refractivity contribution < 1.29 is 97.9 Å². The van der Waals surface area contributed by atoms with Crippen LogP contribution in [-0.4, -0.2) is 140 Å². The first-order valence-corrected chi connectivity index (χ1v) is 36.7. The second-order valence-electron chi connectivity index (χ2n) is 25.4. The molecule has 0 aliphatic carbocycles. The number of rotatable bonds is 26. The highest BCUT2D eigenvalue weighted by atomic mass is 32.2. The van der Waals surface area contributed by atoms with Crippen LogP contribution in [0.4, 0.5) is 8.78 Å². The van der Waals surface area contributed by atoms with Crippen molar-refractivity contribution in [1.29, 1.82) is 10.5 Å². The van der Waals surface area contributed by atoms with Crippen molar-refractivity contribution in [3.8, 4) is 23.6 Å². The minimum atomic E-state index is -6.00. The second kappa shape index (κ2) is 32.4. The van der Waals surface area contributed by atoms with Crippen LogP contribution in [0.15, 0.2) is 185 Å². The summed E-state index contributed by atoms with van der Waals surface area (Å²) in [5.74, 6) is -2.40. The first-order chi connectivity index (χ1) is 48.6. The summed E-state index contributed by atoms with van der Waals surface area (Å²) in [7, 11) is -6.53. The van der Waals surface area contributed by atoms with Crippen molar-refractivity contribution in [3.63, 3.8) is 0 Å². The van der Waals surface area contributed by atoms with Gasteiger partial charge in [-0.2, -0.15) is 29.5 Å². The molecular formula is C74H75F2N4O19S3+. The Morgan fingerprint density at radius 1 is 0.549 bits per heavy atom. The molecule has 102 heavy (non-hydrogen) atoms. The van der Waals surface area contributed by atoms with Gasteiger partial charge in [0.25, 0.3) is 0 Å². The Morgan fingerprint density at radius 3 is 1.20 bits per heavy atom. The molecule has 23 nitrogen and oxygen atoms in total. The molecular weight excluding hydrogens is 1380 g/mol. The molecule has 12 atom stereocenters. The van der Waals surface area contributed by atoms with E-state index in [0.29, 0.717) is 24.3 Å². The van der Waals surface area contributed by atoms with Crippen molar-refractivity contribution in [1.82, 2.24) is 0 Å². The van der Waals surface area contributed by atoms with Gasteiger partial charge in [0, 0.05) is 37.1 Å².